The minimum absolute atomic E-state index is 0.0259. The molecular weight excluding hydrogens is 366 g/mol. The van der Waals surface area contributed by atoms with E-state index in [1.165, 1.54) is 0 Å². The predicted octanol–water partition coefficient (Wildman–Crippen LogP) is 2.48. The number of likely N-dealkylation sites (tertiary alicyclic amines) is 1. The van der Waals surface area contributed by atoms with Crippen molar-refractivity contribution >= 4 is 11.7 Å². The Labute approximate surface area is 171 Å². The number of benzene rings is 1. The van der Waals surface area contributed by atoms with E-state index >= 15 is 0 Å². The Kier molecular flexibility index (Phi) is 6.11. The summed E-state index contributed by atoms with van der Waals surface area (Å²) in [6.07, 6.45) is 4.27. The van der Waals surface area contributed by atoms with Crippen LogP contribution in [0.2, 0.25) is 0 Å². The summed E-state index contributed by atoms with van der Waals surface area (Å²) in [7, 11) is 1.77. The van der Waals surface area contributed by atoms with Crippen molar-refractivity contribution in [3.63, 3.8) is 0 Å². The molecule has 1 amide bonds. The number of methoxy groups -OCH3 is 1. The minimum Gasteiger partial charge on any atom is -0.392 e. The molecule has 2 N–H and O–H groups in total. The van der Waals surface area contributed by atoms with E-state index in [-0.39, 0.29) is 24.7 Å². The van der Waals surface area contributed by atoms with Gasteiger partial charge in [0.2, 0.25) is 5.91 Å². The molecule has 29 heavy (non-hydrogen) atoms. The first-order valence-electron chi connectivity index (χ1n) is 10.3. The van der Waals surface area contributed by atoms with E-state index in [0.717, 1.165) is 42.9 Å². The molecule has 1 aromatic carbocycles. The van der Waals surface area contributed by atoms with Gasteiger partial charge in [-0.05, 0) is 47.9 Å². The Balaban J connectivity index is 1.37. The summed E-state index contributed by atoms with van der Waals surface area (Å²) in [6, 6.07) is 13.7. The lowest BCUT2D eigenvalue weighted by molar-refractivity contribution is -0.129. The molecule has 1 saturated carbocycles. The average molecular weight is 396 g/mol. The molecule has 2 fully saturated rings. The van der Waals surface area contributed by atoms with Crippen molar-refractivity contribution in [1.82, 2.24) is 9.88 Å². The summed E-state index contributed by atoms with van der Waals surface area (Å²) >= 11 is 0. The van der Waals surface area contributed by atoms with Crippen molar-refractivity contribution in [3.8, 4) is 0 Å². The average Bonchev–Trinajstić information content (AvgIpc) is 3.17. The monoisotopic (exact) mass is 395 g/mol. The van der Waals surface area contributed by atoms with Crippen LogP contribution in [0.1, 0.15) is 24.0 Å². The summed E-state index contributed by atoms with van der Waals surface area (Å²) in [5.41, 5.74) is 1.86. The highest BCUT2D eigenvalue weighted by Crippen LogP contribution is 2.38. The van der Waals surface area contributed by atoms with Gasteiger partial charge in [0.1, 0.15) is 5.82 Å². The lowest BCUT2D eigenvalue weighted by atomic mass is 9.77. The second-order valence-corrected chi connectivity index (χ2v) is 8.18. The Morgan fingerprint density at radius 3 is 2.52 bits per heavy atom. The molecule has 4 rings (SSSR count). The van der Waals surface area contributed by atoms with Crippen molar-refractivity contribution in [3.05, 3.63) is 59.8 Å². The maximum Gasteiger partial charge on any atom is 0.227 e. The number of aromatic nitrogens is 1. The molecular formula is C23H29N3O3. The van der Waals surface area contributed by atoms with Crippen LogP contribution < -0.4 is 5.32 Å². The molecule has 0 unspecified atom stereocenters. The van der Waals surface area contributed by atoms with E-state index < -0.39 is 0 Å². The highest BCUT2D eigenvalue weighted by atomic mass is 16.5. The number of carbonyl (C=O) groups is 1. The van der Waals surface area contributed by atoms with Gasteiger partial charge in [-0.25, -0.2) is 4.98 Å². The number of aliphatic hydroxyl groups excluding tert-OH is 1. The fourth-order valence-corrected chi connectivity index (χ4v) is 4.72. The number of hydrogen-bond acceptors (Lipinski definition) is 5. The summed E-state index contributed by atoms with van der Waals surface area (Å²) in [6.45, 7) is 1.65. The molecule has 0 bridgehead atoms. The van der Waals surface area contributed by atoms with Crippen LogP contribution in [0, 0.1) is 11.8 Å². The zero-order valence-electron chi connectivity index (χ0n) is 16.8. The van der Waals surface area contributed by atoms with E-state index in [0.29, 0.717) is 18.3 Å². The van der Waals surface area contributed by atoms with Gasteiger partial charge in [0.15, 0.2) is 0 Å². The molecule has 6 nitrogen and oxygen atoms in total. The van der Waals surface area contributed by atoms with Crippen molar-refractivity contribution in [2.75, 3.05) is 25.5 Å². The van der Waals surface area contributed by atoms with Crippen molar-refractivity contribution < 1.29 is 14.6 Å². The predicted molar refractivity (Wildman–Crippen MR) is 111 cm³/mol. The number of carbonyl (C=O) groups excluding carboxylic acids is 1. The molecule has 154 valence electrons. The molecule has 1 saturated heterocycles. The Morgan fingerprint density at radius 2 is 1.86 bits per heavy atom. The fourth-order valence-electron chi connectivity index (χ4n) is 4.72. The molecule has 6 heteroatoms. The van der Waals surface area contributed by atoms with Crippen LogP contribution in [0.15, 0.2) is 48.7 Å². The maximum absolute atomic E-state index is 12.9. The normalized spacial score (nSPS) is 26.2. The number of aliphatic hydroxyl groups is 1. The molecule has 2 heterocycles. The molecule has 0 radical (unpaired) electrons. The van der Waals surface area contributed by atoms with Crippen LogP contribution in [0.4, 0.5) is 5.82 Å². The van der Waals surface area contributed by atoms with Crippen LogP contribution in [0.25, 0.3) is 0 Å². The number of anilines is 1. The van der Waals surface area contributed by atoms with Gasteiger partial charge in [-0.2, -0.15) is 0 Å². The van der Waals surface area contributed by atoms with Crippen molar-refractivity contribution in [2.45, 2.75) is 38.0 Å². The van der Waals surface area contributed by atoms with Crippen LogP contribution in [0.3, 0.4) is 0 Å². The molecule has 2 aliphatic rings. The SMILES string of the molecule is CO[C@@H]1C[C@H]2CN(C(=O)Cc3ccc(CO)cc3)C[C@H]2C[C@H]1Nc1ccccn1. The molecule has 1 aliphatic heterocycles. The van der Waals surface area contributed by atoms with E-state index in [9.17, 15) is 4.79 Å². The van der Waals surface area contributed by atoms with Gasteiger partial charge in [-0.1, -0.05) is 30.3 Å². The minimum atomic E-state index is 0.0259. The van der Waals surface area contributed by atoms with Crippen LogP contribution in [0.5, 0.6) is 0 Å². The number of fused-ring (bicyclic) bond motifs is 1. The summed E-state index contributed by atoms with van der Waals surface area (Å²) in [5, 5.41) is 12.7. The van der Waals surface area contributed by atoms with Gasteiger partial charge in [0.25, 0.3) is 0 Å². The number of nitrogens with one attached hydrogen (secondary N) is 1. The zero-order valence-corrected chi connectivity index (χ0v) is 16.8. The third-order valence-corrected chi connectivity index (χ3v) is 6.33. The fraction of sp³-hybridized carbons (Fsp3) is 0.478. The Hall–Kier alpha value is -2.44. The highest BCUT2D eigenvalue weighted by molar-refractivity contribution is 5.79. The van der Waals surface area contributed by atoms with E-state index in [1.54, 1.807) is 13.3 Å². The van der Waals surface area contributed by atoms with Crippen LogP contribution in [-0.4, -0.2) is 53.2 Å². The van der Waals surface area contributed by atoms with Crippen LogP contribution >= 0.6 is 0 Å². The van der Waals surface area contributed by atoms with Crippen LogP contribution in [-0.2, 0) is 22.6 Å². The largest absolute Gasteiger partial charge is 0.392 e. The van der Waals surface area contributed by atoms with Gasteiger partial charge in [-0.3, -0.25) is 4.79 Å². The summed E-state index contributed by atoms with van der Waals surface area (Å²) < 4.78 is 5.78. The number of pyridine rings is 1. The van der Waals surface area contributed by atoms with Crippen molar-refractivity contribution in [2.24, 2.45) is 11.8 Å². The quantitative estimate of drug-likeness (QED) is 0.786. The second kappa shape index (κ2) is 8.93. The molecule has 0 spiro atoms. The van der Waals surface area contributed by atoms with Gasteiger partial charge in [0.05, 0.1) is 25.2 Å². The first kappa shape index (κ1) is 19.9. The lowest BCUT2D eigenvalue weighted by Crippen LogP contribution is -2.44. The first-order valence-corrected chi connectivity index (χ1v) is 10.3. The van der Waals surface area contributed by atoms with E-state index in [2.05, 4.69) is 10.3 Å². The number of nitrogens with zero attached hydrogens (tertiary/aromatic N) is 2. The molecule has 4 atom stereocenters. The Morgan fingerprint density at radius 1 is 1.14 bits per heavy atom. The van der Waals surface area contributed by atoms with Gasteiger partial charge in [0, 0.05) is 26.4 Å². The van der Waals surface area contributed by atoms with Crippen molar-refractivity contribution in [1.29, 1.82) is 0 Å². The zero-order chi connectivity index (χ0) is 20.2. The number of rotatable bonds is 6. The second-order valence-electron chi connectivity index (χ2n) is 8.18. The Bertz CT molecular complexity index is 812. The topological polar surface area (TPSA) is 74.7 Å². The molecule has 2 aromatic rings. The first-order chi connectivity index (χ1) is 14.2. The molecule has 1 aliphatic carbocycles. The number of ether oxygens (including phenoxy) is 1. The van der Waals surface area contributed by atoms with E-state index in [4.69, 9.17) is 9.84 Å². The summed E-state index contributed by atoms with van der Waals surface area (Å²) in [5.74, 6) is 2.03. The van der Waals surface area contributed by atoms with Gasteiger partial charge in [-0.15, -0.1) is 0 Å². The maximum atomic E-state index is 12.9. The smallest absolute Gasteiger partial charge is 0.227 e. The van der Waals surface area contributed by atoms with Gasteiger partial charge >= 0.3 is 0 Å². The number of hydrogen-bond donors (Lipinski definition) is 2. The van der Waals surface area contributed by atoms with E-state index in [1.807, 2.05) is 47.4 Å². The summed E-state index contributed by atoms with van der Waals surface area (Å²) in [4.78, 5) is 19.3. The van der Waals surface area contributed by atoms with Gasteiger partial charge < -0.3 is 20.1 Å². The highest BCUT2D eigenvalue weighted by Gasteiger charge is 2.43. The third-order valence-electron chi connectivity index (χ3n) is 6.33. The number of amides is 1. The third kappa shape index (κ3) is 4.60. The lowest BCUT2D eigenvalue weighted by Gasteiger charge is -2.37. The molecule has 1 aromatic heterocycles. The standard InChI is InChI=1S/C23H29N3O3/c1-29-21-12-19-14-26(23(28)10-16-5-7-17(15-27)8-6-16)13-18(19)11-20(21)25-22-4-2-3-9-24-22/h2-9,18-21,27H,10-15H2,1H3,(H,24,25)/t18-,19+,20-,21-/m1/s1.